The van der Waals surface area contributed by atoms with Crippen LogP contribution in [-0.2, 0) is 10.0 Å². The number of nitrogens with zero attached hydrogens (tertiary/aromatic N) is 1. The Morgan fingerprint density at radius 3 is 2.28 bits per heavy atom. The standard InChI is InChI=1S/C18H20ClFN2O2S/c1-14(15-6-8-16(20)9-7-15)21-10-12-22(13-11-21)25(23,24)18-5-3-2-4-17(18)19/h2-9,14H,10-13H2,1H3/p+1/t14-/m1/s1. The fraction of sp³-hybridized carbons (Fsp3) is 0.333. The molecular formula is C18H21ClFN2O2S+. The smallest absolute Gasteiger partial charge is 0.244 e. The van der Waals surface area contributed by atoms with Crippen LogP contribution in [0.3, 0.4) is 0 Å². The van der Waals surface area contributed by atoms with Gasteiger partial charge in [0.25, 0.3) is 0 Å². The summed E-state index contributed by atoms with van der Waals surface area (Å²) in [6.45, 7) is 4.36. The molecule has 1 N–H and O–H groups in total. The fourth-order valence-corrected chi connectivity index (χ4v) is 5.16. The first kappa shape index (κ1) is 18.3. The van der Waals surface area contributed by atoms with Gasteiger partial charge < -0.3 is 4.90 Å². The number of rotatable bonds is 4. The summed E-state index contributed by atoms with van der Waals surface area (Å²) in [7, 11) is -3.57. The molecule has 1 fully saturated rings. The number of halogens is 2. The first-order chi connectivity index (χ1) is 11.9. The zero-order chi connectivity index (χ0) is 18.0. The Balaban J connectivity index is 1.69. The van der Waals surface area contributed by atoms with E-state index in [4.69, 9.17) is 11.6 Å². The lowest BCUT2D eigenvalue weighted by atomic mass is 10.1. The highest BCUT2D eigenvalue weighted by Crippen LogP contribution is 2.24. The van der Waals surface area contributed by atoms with Crippen molar-refractivity contribution in [2.45, 2.75) is 17.9 Å². The molecule has 0 radical (unpaired) electrons. The van der Waals surface area contributed by atoms with Crippen LogP contribution in [0.15, 0.2) is 53.4 Å². The van der Waals surface area contributed by atoms with E-state index in [1.54, 1.807) is 30.3 Å². The Bertz CT molecular complexity index is 834. The summed E-state index contributed by atoms with van der Waals surface area (Å²) in [6, 6.07) is 13.2. The number of nitrogens with one attached hydrogen (secondary N) is 1. The van der Waals surface area contributed by atoms with E-state index in [-0.39, 0.29) is 21.8 Å². The normalized spacial score (nSPS) is 18.2. The van der Waals surface area contributed by atoms with Gasteiger partial charge >= 0.3 is 0 Å². The monoisotopic (exact) mass is 383 g/mol. The summed E-state index contributed by atoms with van der Waals surface area (Å²) in [5.74, 6) is -0.249. The van der Waals surface area contributed by atoms with Crippen LogP contribution in [0.5, 0.6) is 0 Å². The van der Waals surface area contributed by atoms with Crippen LogP contribution >= 0.6 is 11.6 Å². The van der Waals surface area contributed by atoms with Gasteiger partial charge in [-0.25, -0.2) is 12.8 Å². The summed E-state index contributed by atoms with van der Waals surface area (Å²) in [4.78, 5) is 1.45. The van der Waals surface area contributed by atoms with Crippen LogP contribution in [-0.4, -0.2) is 38.9 Å². The van der Waals surface area contributed by atoms with E-state index in [2.05, 4.69) is 6.92 Å². The average Bonchev–Trinajstić information content (AvgIpc) is 2.62. The van der Waals surface area contributed by atoms with E-state index in [9.17, 15) is 12.8 Å². The summed E-state index contributed by atoms with van der Waals surface area (Å²) >= 11 is 6.06. The molecule has 2 aromatic rings. The molecule has 1 aliphatic rings. The van der Waals surface area contributed by atoms with Crippen LogP contribution in [0.1, 0.15) is 18.5 Å². The molecule has 1 atom stereocenters. The van der Waals surface area contributed by atoms with Gasteiger partial charge in [0.1, 0.15) is 16.8 Å². The Morgan fingerprint density at radius 2 is 1.68 bits per heavy atom. The minimum Gasteiger partial charge on any atom is -0.327 e. The van der Waals surface area contributed by atoms with Crippen molar-refractivity contribution >= 4 is 21.6 Å². The molecule has 0 bridgehead atoms. The molecule has 0 amide bonds. The molecule has 0 aliphatic carbocycles. The van der Waals surface area contributed by atoms with Gasteiger partial charge in [-0.3, -0.25) is 0 Å². The third kappa shape index (κ3) is 3.87. The average molecular weight is 384 g/mol. The molecule has 0 spiro atoms. The van der Waals surface area contributed by atoms with E-state index >= 15 is 0 Å². The molecule has 0 aromatic heterocycles. The SMILES string of the molecule is C[C@H](c1ccc(F)cc1)[NH+]1CCN(S(=O)(=O)c2ccccc2Cl)CC1. The highest BCUT2D eigenvalue weighted by Gasteiger charge is 2.33. The van der Waals surface area contributed by atoms with Gasteiger partial charge in [-0.05, 0) is 31.2 Å². The van der Waals surface area contributed by atoms with Gasteiger partial charge in [0, 0.05) is 5.56 Å². The van der Waals surface area contributed by atoms with Crippen molar-refractivity contribution < 1.29 is 17.7 Å². The largest absolute Gasteiger partial charge is 0.327 e. The van der Waals surface area contributed by atoms with Crippen LogP contribution in [0.25, 0.3) is 0 Å². The van der Waals surface area contributed by atoms with Gasteiger partial charge in [-0.2, -0.15) is 4.31 Å². The molecule has 1 saturated heterocycles. The number of hydrogen-bond acceptors (Lipinski definition) is 2. The first-order valence-corrected chi connectivity index (χ1v) is 10.1. The van der Waals surface area contributed by atoms with Crippen molar-refractivity contribution in [2.75, 3.05) is 26.2 Å². The number of sulfonamides is 1. The number of quaternary nitrogens is 1. The maximum atomic E-state index is 13.1. The van der Waals surface area contributed by atoms with E-state index < -0.39 is 10.0 Å². The van der Waals surface area contributed by atoms with Crippen LogP contribution in [0, 0.1) is 5.82 Å². The lowest BCUT2D eigenvalue weighted by Crippen LogP contribution is -3.14. The number of piperazine rings is 1. The van der Waals surface area contributed by atoms with Crippen LogP contribution in [0.4, 0.5) is 4.39 Å². The van der Waals surface area contributed by atoms with E-state index in [1.165, 1.54) is 27.4 Å². The second kappa shape index (κ2) is 7.41. The summed E-state index contributed by atoms with van der Waals surface area (Å²) in [6.07, 6.45) is 0. The van der Waals surface area contributed by atoms with E-state index in [1.807, 2.05) is 0 Å². The van der Waals surface area contributed by atoms with Crippen molar-refractivity contribution in [1.82, 2.24) is 4.31 Å². The lowest BCUT2D eigenvalue weighted by molar-refractivity contribution is -0.933. The van der Waals surface area contributed by atoms with Gasteiger partial charge in [-0.1, -0.05) is 35.9 Å². The Hall–Kier alpha value is -1.47. The topological polar surface area (TPSA) is 41.8 Å². The van der Waals surface area contributed by atoms with Crippen molar-refractivity contribution in [1.29, 1.82) is 0 Å². The molecular weight excluding hydrogens is 363 g/mol. The predicted octanol–water partition coefficient (Wildman–Crippen LogP) is 2.13. The Kier molecular flexibility index (Phi) is 5.43. The molecule has 0 saturated carbocycles. The van der Waals surface area contributed by atoms with Crippen molar-refractivity contribution in [3.05, 3.63) is 64.9 Å². The maximum absolute atomic E-state index is 13.1. The van der Waals surface area contributed by atoms with Crippen molar-refractivity contribution in [3.63, 3.8) is 0 Å². The molecule has 4 nitrogen and oxygen atoms in total. The third-order valence-corrected chi connectivity index (χ3v) is 7.20. The minimum absolute atomic E-state index is 0.159. The minimum atomic E-state index is -3.57. The molecule has 134 valence electrons. The lowest BCUT2D eigenvalue weighted by Gasteiger charge is -2.35. The highest BCUT2D eigenvalue weighted by atomic mass is 35.5. The van der Waals surface area contributed by atoms with Gasteiger partial charge in [-0.15, -0.1) is 0 Å². The molecule has 2 aromatic carbocycles. The van der Waals surface area contributed by atoms with Crippen LogP contribution < -0.4 is 4.90 Å². The zero-order valence-electron chi connectivity index (χ0n) is 14.0. The maximum Gasteiger partial charge on any atom is 0.244 e. The number of hydrogen-bond donors (Lipinski definition) is 1. The first-order valence-electron chi connectivity index (χ1n) is 8.24. The fourth-order valence-electron chi connectivity index (χ4n) is 3.23. The summed E-state index contributed by atoms with van der Waals surface area (Å²) in [5, 5.41) is 0.247. The Morgan fingerprint density at radius 1 is 1.08 bits per heavy atom. The second-order valence-corrected chi connectivity index (χ2v) is 8.58. The second-order valence-electron chi connectivity index (χ2n) is 6.27. The van der Waals surface area contributed by atoms with Gasteiger partial charge in [0.2, 0.25) is 10.0 Å². The predicted molar refractivity (Wildman–Crippen MR) is 95.7 cm³/mol. The zero-order valence-corrected chi connectivity index (χ0v) is 15.5. The molecule has 1 aliphatic heterocycles. The number of benzene rings is 2. The molecule has 25 heavy (non-hydrogen) atoms. The van der Waals surface area contributed by atoms with Crippen molar-refractivity contribution in [3.8, 4) is 0 Å². The van der Waals surface area contributed by atoms with E-state index in [0.717, 1.165) is 5.56 Å². The van der Waals surface area contributed by atoms with Gasteiger partial charge in [0.15, 0.2) is 0 Å². The van der Waals surface area contributed by atoms with Crippen molar-refractivity contribution in [2.24, 2.45) is 0 Å². The van der Waals surface area contributed by atoms with E-state index in [0.29, 0.717) is 26.2 Å². The quantitative estimate of drug-likeness (QED) is 0.878. The molecule has 3 rings (SSSR count). The molecule has 1 heterocycles. The van der Waals surface area contributed by atoms with Crippen LogP contribution in [0.2, 0.25) is 5.02 Å². The summed E-state index contributed by atoms with van der Waals surface area (Å²) < 4.78 is 40.1. The van der Waals surface area contributed by atoms with Gasteiger partial charge in [0.05, 0.1) is 31.2 Å². The molecule has 0 unspecified atom stereocenters. The Labute approximate surface area is 152 Å². The summed E-state index contributed by atoms with van der Waals surface area (Å²) in [5.41, 5.74) is 1.05. The molecule has 7 heteroatoms. The highest BCUT2D eigenvalue weighted by molar-refractivity contribution is 7.89. The third-order valence-electron chi connectivity index (χ3n) is 4.80.